The number of thioether (sulfide) groups is 1. The number of hydrogen-bond donors (Lipinski definition) is 0. The molecular weight excluding hydrogens is 210 g/mol. The summed E-state index contributed by atoms with van der Waals surface area (Å²) in [6.07, 6.45) is 4.68. The molecule has 15 heavy (non-hydrogen) atoms. The lowest BCUT2D eigenvalue weighted by Gasteiger charge is -2.21. The fourth-order valence-electron chi connectivity index (χ4n) is 1.54. The third kappa shape index (κ3) is 2.79. The van der Waals surface area contributed by atoms with Gasteiger partial charge in [-0.05, 0) is 25.0 Å². The lowest BCUT2D eigenvalue weighted by molar-refractivity contribution is 0.1000. The zero-order valence-corrected chi connectivity index (χ0v) is 9.20. The lowest BCUT2D eigenvalue weighted by atomic mass is 10.2. The summed E-state index contributed by atoms with van der Waals surface area (Å²) in [5.41, 5.74) is 0.689. The quantitative estimate of drug-likeness (QED) is 0.736. The number of pyridine rings is 1. The Morgan fingerprint density at radius 3 is 3.00 bits per heavy atom. The van der Waals surface area contributed by atoms with Gasteiger partial charge in [-0.3, -0.25) is 4.79 Å². The summed E-state index contributed by atoms with van der Waals surface area (Å²) in [4.78, 5) is 15.0. The number of nitrogens with zero attached hydrogens (tertiary/aromatic N) is 1. The summed E-state index contributed by atoms with van der Waals surface area (Å²) in [6, 6.07) is 3.60. The first-order valence-corrected chi connectivity index (χ1v) is 5.92. The summed E-state index contributed by atoms with van der Waals surface area (Å²) < 4.78 is 5.29. The van der Waals surface area contributed by atoms with Crippen molar-refractivity contribution in [1.82, 2.24) is 4.98 Å². The van der Waals surface area contributed by atoms with Crippen molar-refractivity contribution < 1.29 is 9.53 Å². The van der Waals surface area contributed by atoms with Gasteiger partial charge in [-0.2, -0.15) is 0 Å². The molecule has 0 amide bonds. The highest BCUT2D eigenvalue weighted by atomic mass is 32.2. The van der Waals surface area contributed by atoms with E-state index in [1.165, 1.54) is 0 Å². The second kappa shape index (κ2) is 5.28. The highest BCUT2D eigenvalue weighted by Crippen LogP contribution is 2.29. The van der Waals surface area contributed by atoms with Gasteiger partial charge in [-0.25, -0.2) is 4.98 Å². The van der Waals surface area contributed by atoms with Crippen LogP contribution in [0.5, 0.6) is 0 Å². The molecule has 1 aliphatic rings. The van der Waals surface area contributed by atoms with E-state index in [1.54, 1.807) is 24.0 Å². The second-order valence-electron chi connectivity index (χ2n) is 3.45. The number of aromatic nitrogens is 1. The fraction of sp³-hybridized carbons (Fsp3) is 0.455. The van der Waals surface area contributed by atoms with E-state index in [0.717, 1.165) is 37.4 Å². The molecule has 0 spiro atoms. The topological polar surface area (TPSA) is 39.2 Å². The molecule has 2 heterocycles. The molecule has 2 rings (SSSR count). The van der Waals surface area contributed by atoms with E-state index < -0.39 is 0 Å². The molecule has 1 fully saturated rings. The maximum absolute atomic E-state index is 10.8. The lowest BCUT2D eigenvalue weighted by Crippen LogP contribution is -2.17. The molecule has 0 aliphatic carbocycles. The molecule has 0 radical (unpaired) electrons. The Labute approximate surface area is 93.2 Å². The summed E-state index contributed by atoms with van der Waals surface area (Å²) >= 11 is 1.69. The van der Waals surface area contributed by atoms with Crippen molar-refractivity contribution in [2.45, 2.75) is 23.1 Å². The average molecular weight is 223 g/mol. The van der Waals surface area contributed by atoms with Crippen molar-refractivity contribution in [2.75, 3.05) is 13.2 Å². The van der Waals surface area contributed by atoms with E-state index in [2.05, 4.69) is 4.98 Å². The van der Waals surface area contributed by atoms with Gasteiger partial charge in [0.1, 0.15) is 5.03 Å². The summed E-state index contributed by atoms with van der Waals surface area (Å²) in [5.74, 6) is 0. The number of ether oxygens (including phenoxy) is 1. The van der Waals surface area contributed by atoms with Crippen LogP contribution in [-0.4, -0.2) is 29.7 Å². The average Bonchev–Trinajstić information content (AvgIpc) is 2.31. The van der Waals surface area contributed by atoms with E-state index in [-0.39, 0.29) is 0 Å². The Kier molecular flexibility index (Phi) is 3.75. The van der Waals surface area contributed by atoms with Gasteiger partial charge in [0, 0.05) is 30.2 Å². The largest absolute Gasteiger partial charge is 0.381 e. The van der Waals surface area contributed by atoms with Gasteiger partial charge in [-0.15, -0.1) is 11.8 Å². The molecular formula is C11H13NO2S. The smallest absolute Gasteiger partial charge is 0.152 e. The first-order chi connectivity index (χ1) is 7.40. The zero-order valence-electron chi connectivity index (χ0n) is 8.39. The van der Waals surface area contributed by atoms with Crippen LogP contribution in [0.4, 0.5) is 0 Å². The molecule has 1 aromatic heterocycles. The molecule has 0 saturated carbocycles. The third-order valence-electron chi connectivity index (χ3n) is 2.37. The number of carbonyl (C=O) groups excluding carboxylic acids is 1. The molecule has 0 bridgehead atoms. The van der Waals surface area contributed by atoms with Gasteiger partial charge in [0.2, 0.25) is 0 Å². The molecule has 0 N–H and O–H groups in total. The molecule has 3 nitrogen and oxygen atoms in total. The first-order valence-electron chi connectivity index (χ1n) is 5.05. The standard InChI is InChI=1S/C11H13NO2S/c13-8-9-2-1-5-12-11(9)15-10-3-6-14-7-4-10/h1-2,5,8,10H,3-4,6-7H2. The Hall–Kier alpha value is -0.870. The molecule has 0 unspecified atom stereocenters. The summed E-state index contributed by atoms with van der Waals surface area (Å²) in [7, 11) is 0. The first kappa shape index (κ1) is 10.6. The Bertz CT molecular complexity index is 337. The molecule has 4 heteroatoms. The van der Waals surface area contributed by atoms with E-state index in [1.807, 2.05) is 6.07 Å². The van der Waals surface area contributed by atoms with Crippen LogP contribution in [-0.2, 0) is 4.74 Å². The van der Waals surface area contributed by atoms with Crippen molar-refractivity contribution in [3.05, 3.63) is 23.9 Å². The Morgan fingerprint density at radius 2 is 2.27 bits per heavy atom. The van der Waals surface area contributed by atoms with Crippen LogP contribution >= 0.6 is 11.8 Å². The van der Waals surface area contributed by atoms with E-state index >= 15 is 0 Å². The number of hydrogen-bond acceptors (Lipinski definition) is 4. The van der Waals surface area contributed by atoms with E-state index in [0.29, 0.717) is 10.8 Å². The molecule has 0 aromatic carbocycles. The van der Waals surface area contributed by atoms with Crippen LogP contribution in [0.1, 0.15) is 23.2 Å². The van der Waals surface area contributed by atoms with Crippen molar-refractivity contribution >= 4 is 18.0 Å². The molecule has 80 valence electrons. The normalized spacial score (nSPS) is 17.6. The number of carbonyl (C=O) groups is 1. The fourth-order valence-corrected chi connectivity index (χ4v) is 2.66. The predicted molar refractivity (Wildman–Crippen MR) is 59.3 cm³/mol. The van der Waals surface area contributed by atoms with E-state index in [4.69, 9.17) is 4.74 Å². The van der Waals surface area contributed by atoms with Gasteiger partial charge in [0.15, 0.2) is 6.29 Å². The van der Waals surface area contributed by atoms with Crippen LogP contribution in [0.2, 0.25) is 0 Å². The Morgan fingerprint density at radius 1 is 1.47 bits per heavy atom. The minimum absolute atomic E-state index is 0.535. The van der Waals surface area contributed by atoms with Gasteiger partial charge >= 0.3 is 0 Å². The van der Waals surface area contributed by atoms with Gasteiger partial charge in [-0.1, -0.05) is 0 Å². The van der Waals surface area contributed by atoms with Crippen LogP contribution < -0.4 is 0 Å². The minimum Gasteiger partial charge on any atom is -0.381 e. The highest BCUT2D eigenvalue weighted by Gasteiger charge is 2.16. The van der Waals surface area contributed by atoms with Crippen molar-refractivity contribution in [3.63, 3.8) is 0 Å². The maximum atomic E-state index is 10.8. The van der Waals surface area contributed by atoms with Crippen molar-refractivity contribution in [2.24, 2.45) is 0 Å². The number of aldehydes is 1. The van der Waals surface area contributed by atoms with Gasteiger partial charge in [0.25, 0.3) is 0 Å². The second-order valence-corrected chi connectivity index (χ2v) is 4.73. The molecule has 1 aliphatic heterocycles. The number of rotatable bonds is 3. The van der Waals surface area contributed by atoms with Crippen LogP contribution in [0.25, 0.3) is 0 Å². The summed E-state index contributed by atoms with van der Waals surface area (Å²) in [6.45, 7) is 1.64. The maximum Gasteiger partial charge on any atom is 0.152 e. The van der Waals surface area contributed by atoms with E-state index in [9.17, 15) is 4.79 Å². The predicted octanol–water partition coefficient (Wildman–Crippen LogP) is 2.17. The summed E-state index contributed by atoms with van der Waals surface area (Å²) in [5, 5.41) is 1.38. The molecule has 0 atom stereocenters. The van der Waals surface area contributed by atoms with Crippen LogP contribution in [0.3, 0.4) is 0 Å². The zero-order chi connectivity index (χ0) is 10.5. The van der Waals surface area contributed by atoms with Crippen molar-refractivity contribution in [1.29, 1.82) is 0 Å². The van der Waals surface area contributed by atoms with Gasteiger partial charge < -0.3 is 4.74 Å². The monoisotopic (exact) mass is 223 g/mol. The highest BCUT2D eigenvalue weighted by molar-refractivity contribution is 7.99. The third-order valence-corrected chi connectivity index (χ3v) is 3.74. The minimum atomic E-state index is 0.535. The molecule has 1 aromatic rings. The van der Waals surface area contributed by atoms with Crippen LogP contribution in [0, 0.1) is 0 Å². The molecule has 1 saturated heterocycles. The Balaban J connectivity index is 2.05. The SMILES string of the molecule is O=Cc1cccnc1SC1CCOCC1. The van der Waals surface area contributed by atoms with Gasteiger partial charge in [0.05, 0.1) is 0 Å². The van der Waals surface area contributed by atoms with Crippen molar-refractivity contribution in [3.8, 4) is 0 Å². The van der Waals surface area contributed by atoms with Crippen LogP contribution in [0.15, 0.2) is 23.4 Å².